The molecule has 0 fully saturated rings. The second-order valence-corrected chi connectivity index (χ2v) is 6.69. The second kappa shape index (κ2) is 6.43. The monoisotopic (exact) mass is 289 g/mol. The maximum atomic E-state index is 11.7. The lowest BCUT2D eigenvalue weighted by Gasteiger charge is -2.32. The number of amides is 1. The Labute approximate surface area is 120 Å². The Morgan fingerprint density at radius 2 is 1.60 bits per heavy atom. The molecule has 0 aliphatic carbocycles. The van der Waals surface area contributed by atoms with Crippen LogP contribution in [0.5, 0.6) is 0 Å². The summed E-state index contributed by atoms with van der Waals surface area (Å²) in [7, 11) is 0. The summed E-state index contributed by atoms with van der Waals surface area (Å²) in [6.07, 6.45) is -0.218. The molecule has 1 amide bonds. The summed E-state index contributed by atoms with van der Waals surface area (Å²) in [6.45, 7) is 12.1. The zero-order valence-electron chi connectivity index (χ0n) is 13.5. The van der Waals surface area contributed by atoms with Crippen LogP contribution in [0, 0.1) is 0 Å². The third-order valence-electron chi connectivity index (χ3n) is 2.72. The van der Waals surface area contributed by atoms with Crippen LogP contribution in [0.3, 0.4) is 0 Å². The molecule has 0 radical (unpaired) electrons. The Hall–Kier alpha value is -1.30. The van der Waals surface area contributed by atoms with E-state index < -0.39 is 28.8 Å². The minimum Gasteiger partial charge on any atom is -0.479 e. The van der Waals surface area contributed by atoms with Crippen LogP contribution in [0.15, 0.2) is 0 Å². The quantitative estimate of drug-likeness (QED) is 0.785. The van der Waals surface area contributed by atoms with Crippen molar-refractivity contribution in [2.45, 2.75) is 71.6 Å². The highest BCUT2D eigenvalue weighted by atomic mass is 16.6. The average molecular weight is 289 g/mol. The number of carboxylic acids is 1. The van der Waals surface area contributed by atoms with E-state index in [-0.39, 0.29) is 6.61 Å². The van der Waals surface area contributed by atoms with Gasteiger partial charge in [-0.3, -0.25) is 0 Å². The standard InChI is InChI=1S/C14H27NO5/c1-8-14(7,10(16)17)19-9-13(5,6)15-11(18)20-12(2,3)4/h8-9H2,1-7H3,(H,15,18)(H,16,17). The van der Waals surface area contributed by atoms with Crippen LogP contribution in [-0.2, 0) is 14.3 Å². The van der Waals surface area contributed by atoms with Gasteiger partial charge >= 0.3 is 12.1 Å². The zero-order chi connectivity index (χ0) is 16.2. The lowest BCUT2D eigenvalue weighted by Crippen LogP contribution is -2.51. The highest BCUT2D eigenvalue weighted by Crippen LogP contribution is 2.18. The van der Waals surface area contributed by atoms with E-state index in [2.05, 4.69) is 5.32 Å². The van der Waals surface area contributed by atoms with Gasteiger partial charge in [0.05, 0.1) is 12.1 Å². The van der Waals surface area contributed by atoms with Gasteiger partial charge in [-0.05, 0) is 48.0 Å². The Morgan fingerprint density at radius 1 is 1.10 bits per heavy atom. The molecule has 6 nitrogen and oxygen atoms in total. The molecule has 6 heteroatoms. The predicted octanol–water partition coefficient (Wildman–Crippen LogP) is 2.56. The molecule has 0 aromatic carbocycles. The van der Waals surface area contributed by atoms with Gasteiger partial charge in [0, 0.05) is 0 Å². The van der Waals surface area contributed by atoms with Crippen molar-refractivity contribution in [2.75, 3.05) is 6.61 Å². The van der Waals surface area contributed by atoms with Gasteiger partial charge in [0.15, 0.2) is 5.60 Å². The number of hydrogen-bond acceptors (Lipinski definition) is 4. The van der Waals surface area contributed by atoms with Crippen molar-refractivity contribution in [2.24, 2.45) is 0 Å². The fourth-order valence-corrected chi connectivity index (χ4v) is 1.27. The third kappa shape index (κ3) is 6.75. The summed E-state index contributed by atoms with van der Waals surface area (Å²) in [4.78, 5) is 22.8. The normalized spacial score (nSPS) is 15.3. The van der Waals surface area contributed by atoms with Crippen LogP contribution < -0.4 is 5.32 Å². The first-order valence-electron chi connectivity index (χ1n) is 6.70. The van der Waals surface area contributed by atoms with Crippen molar-refractivity contribution in [1.29, 1.82) is 0 Å². The van der Waals surface area contributed by atoms with Gasteiger partial charge in [0.1, 0.15) is 5.60 Å². The molecule has 0 heterocycles. The first-order chi connectivity index (χ1) is 8.81. The molecular formula is C14H27NO5. The predicted molar refractivity (Wildman–Crippen MR) is 75.7 cm³/mol. The molecule has 0 saturated heterocycles. The Morgan fingerprint density at radius 3 is 1.95 bits per heavy atom. The fraction of sp³-hybridized carbons (Fsp3) is 0.857. The SMILES string of the molecule is CCC(C)(OCC(C)(C)NC(=O)OC(C)(C)C)C(=O)O. The zero-order valence-corrected chi connectivity index (χ0v) is 13.5. The second-order valence-electron chi connectivity index (χ2n) is 6.69. The van der Waals surface area contributed by atoms with Crippen LogP contribution in [-0.4, -0.2) is 40.5 Å². The number of ether oxygens (including phenoxy) is 2. The Kier molecular flexibility index (Phi) is 6.02. The maximum absolute atomic E-state index is 11.7. The van der Waals surface area contributed by atoms with Gasteiger partial charge in [-0.25, -0.2) is 9.59 Å². The number of carbonyl (C=O) groups is 2. The molecule has 0 rings (SSSR count). The molecule has 0 aliphatic heterocycles. The van der Waals surface area contributed by atoms with Crippen molar-refractivity contribution < 1.29 is 24.2 Å². The average Bonchev–Trinajstić information content (AvgIpc) is 2.22. The van der Waals surface area contributed by atoms with Gasteiger partial charge in [-0.15, -0.1) is 0 Å². The molecule has 1 atom stereocenters. The smallest absolute Gasteiger partial charge is 0.408 e. The van der Waals surface area contributed by atoms with Crippen molar-refractivity contribution in [3.8, 4) is 0 Å². The van der Waals surface area contributed by atoms with E-state index in [0.717, 1.165) is 0 Å². The highest BCUT2D eigenvalue weighted by molar-refractivity contribution is 5.76. The number of hydrogen-bond donors (Lipinski definition) is 2. The molecular weight excluding hydrogens is 262 g/mol. The molecule has 1 unspecified atom stereocenters. The van der Waals surface area contributed by atoms with Crippen LogP contribution >= 0.6 is 0 Å². The minimum atomic E-state index is -1.26. The van der Waals surface area contributed by atoms with E-state index >= 15 is 0 Å². The fourth-order valence-electron chi connectivity index (χ4n) is 1.27. The van der Waals surface area contributed by atoms with E-state index in [4.69, 9.17) is 14.6 Å². The number of aliphatic carboxylic acids is 1. The highest BCUT2D eigenvalue weighted by Gasteiger charge is 2.35. The molecule has 2 N–H and O–H groups in total. The van der Waals surface area contributed by atoms with E-state index in [1.165, 1.54) is 6.92 Å². The Balaban J connectivity index is 4.53. The Bertz CT molecular complexity index is 359. The van der Waals surface area contributed by atoms with Crippen molar-refractivity contribution in [3.63, 3.8) is 0 Å². The van der Waals surface area contributed by atoms with Gasteiger partial charge in [0.25, 0.3) is 0 Å². The van der Waals surface area contributed by atoms with E-state index in [1.54, 1.807) is 41.5 Å². The van der Waals surface area contributed by atoms with Gasteiger partial charge in [0.2, 0.25) is 0 Å². The molecule has 0 spiro atoms. The number of alkyl carbamates (subject to hydrolysis) is 1. The number of nitrogens with one attached hydrogen (secondary N) is 1. The maximum Gasteiger partial charge on any atom is 0.408 e. The lowest BCUT2D eigenvalue weighted by molar-refractivity contribution is -0.166. The number of carbonyl (C=O) groups excluding carboxylic acids is 1. The molecule has 0 aromatic rings. The first-order valence-corrected chi connectivity index (χ1v) is 6.70. The molecule has 0 aliphatic rings. The van der Waals surface area contributed by atoms with E-state index in [1.807, 2.05) is 0 Å². The largest absolute Gasteiger partial charge is 0.479 e. The van der Waals surface area contributed by atoms with Crippen molar-refractivity contribution >= 4 is 12.1 Å². The topological polar surface area (TPSA) is 84.9 Å². The van der Waals surface area contributed by atoms with Gasteiger partial charge in [-0.1, -0.05) is 6.92 Å². The van der Waals surface area contributed by atoms with Gasteiger partial charge in [-0.2, -0.15) is 0 Å². The number of rotatable bonds is 6. The lowest BCUT2D eigenvalue weighted by atomic mass is 10.0. The molecule has 0 bridgehead atoms. The van der Waals surface area contributed by atoms with Crippen molar-refractivity contribution in [3.05, 3.63) is 0 Å². The third-order valence-corrected chi connectivity index (χ3v) is 2.72. The first kappa shape index (κ1) is 18.7. The van der Waals surface area contributed by atoms with E-state index in [9.17, 15) is 9.59 Å². The summed E-state index contributed by atoms with van der Waals surface area (Å²) in [5.74, 6) is -1.02. The minimum absolute atomic E-state index is 0.0723. The molecule has 118 valence electrons. The van der Waals surface area contributed by atoms with Crippen LogP contribution in [0.4, 0.5) is 4.79 Å². The summed E-state index contributed by atoms with van der Waals surface area (Å²) in [5, 5.41) is 11.8. The number of carboxylic acid groups (broad SMARTS) is 1. The van der Waals surface area contributed by atoms with Crippen LogP contribution in [0.2, 0.25) is 0 Å². The van der Waals surface area contributed by atoms with Gasteiger partial charge < -0.3 is 19.9 Å². The summed E-state index contributed by atoms with van der Waals surface area (Å²) in [6, 6.07) is 0. The molecule has 0 aromatic heterocycles. The summed E-state index contributed by atoms with van der Waals surface area (Å²) in [5.41, 5.74) is -2.57. The summed E-state index contributed by atoms with van der Waals surface area (Å²) < 4.78 is 10.6. The molecule has 0 saturated carbocycles. The van der Waals surface area contributed by atoms with Crippen LogP contribution in [0.25, 0.3) is 0 Å². The van der Waals surface area contributed by atoms with Crippen molar-refractivity contribution in [1.82, 2.24) is 5.32 Å². The summed E-state index contributed by atoms with van der Waals surface area (Å²) >= 11 is 0. The van der Waals surface area contributed by atoms with Crippen LogP contribution in [0.1, 0.15) is 54.9 Å². The molecule has 20 heavy (non-hydrogen) atoms. The van der Waals surface area contributed by atoms with E-state index in [0.29, 0.717) is 6.42 Å².